The van der Waals surface area contributed by atoms with Gasteiger partial charge in [-0.15, -0.1) is 5.10 Å². The highest BCUT2D eigenvalue weighted by Gasteiger charge is 2.29. The van der Waals surface area contributed by atoms with Crippen LogP contribution in [0.4, 0.5) is 5.69 Å². The van der Waals surface area contributed by atoms with Crippen molar-refractivity contribution >= 4 is 17.3 Å². The fourth-order valence-electron chi connectivity index (χ4n) is 3.18. The lowest BCUT2D eigenvalue weighted by Crippen LogP contribution is -2.27. The van der Waals surface area contributed by atoms with Gasteiger partial charge in [-0.3, -0.25) is 0 Å². The molecule has 0 amide bonds. The van der Waals surface area contributed by atoms with Crippen LogP contribution in [0, 0.1) is 5.41 Å². The van der Waals surface area contributed by atoms with E-state index in [9.17, 15) is 0 Å². The molecule has 21 heavy (non-hydrogen) atoms. The summed E-state index contributed by atoms with van der Waals surface area (Å²) in [5, 5.41) is 12.7. The van der Waals surface area contributed by atoms with Crippen molar-refractivity contribution in [2.75, 3.05) is 5.73 Å². The van der Waals surface area contributed by atoms with Crippen LogP contribution in [0.15, 0.2) is 18.2 Å². The summed E-state index contributed by atoms with van der Waals surface area (Å²) in [6, 6.07) is 5.43. The number of rotatable bonds is 3. The SMILES string of the molecule is CC1(Cn2nnnc2-c2cc(N)cc(Cl)c2)CCCCC1. The molecule has 1 fully saturated rings. The van der Waals surface area contributed by atoms with Gasteiger partial charge in [-0.05, 0) is 46.9 Å². The Bertz CT molecular complexity index is 610. The summed E-state index contributed by atoms with van der Waals surface area (Å²) < 4.78 is 1.89. The third kappa shape index (κ3) is 3.18. The van der Waals surface area contributed by atoms with Crippen molar-refractivity contribution in [3.8, 4) is 11.4 Å². The standard InChI is InChI=1S/C15H20ClN5/c1-15(5-3-2-4-6-15)10-21-14(18-19-20-21)11-7-12(16)9-13(17)8-11/h7-9H,2-6,10,17H2,1H3. The quantitative estimate of drug-likeness (QED) is 0.880. The molecular weight excluding hydrogens is 286 g/mol. The largest absolute Gasteiger partial charge is 0.399 e. The van der Waals surface area contributed by atoms with Crippen molar-refractivity contribution in [3.63, 3.8) is 0 Å². The number of halogens is 1. The van der Waals surface area contributed by atoms with E-state index in [1.807, 2.05) is 16.8 Å². The fraction of sp³-hybridized carbons (Fsp3) is 0.533. The summed E-state index contributed by atoms with van der Waals surface area (Å²) in [4.78, 5) is 0. The number of nitrogens with two attached hydrogens (primary N) is 1. The molecule has 0 radical (unpaired) electrons. The average molecular weight is 306 g/mol. The van der Waals surface area contributed by atoms with Crippen LogP contribution in [0.1, 0.15) is 39.0 Å². The second-order valence-electron chi connectivity index (χ2n) is 6.30. The smallest absolute Gasteiger partial charge is 0.182 e. The molecule has 1 heterocycles. The molecule has 1 aromatic heterocycles. The van der Waals surface area contributed by atoms with Crippen molar-refractivity contribution in [1.82, 2.24) is 20.2 Å². The first kappa shape index (κ1) is 14.3. The Hall–Kier alpha value is -1.62. The topological polar surface area (TPSA) is 69.6 Å². The normalized spacial score (nSPS) is 17.8. The van der Waals surface area contributed by atoms with E-state index in [0.29, 0.717) is 10.7 Å². The lowest BCUT2D eigenvalue weighted by Gasteiger charge is -2.33. The highest BCUT2D eigenvalue weighted by atomic mass is 35.5. The molecule has 0 bridgehead atoms. The van der Waals surface area contributed by atoms with Gasteiger partial charge in [0.1, 0.15) is 0 Å². The van der Waals surface area contributed by atoms with E-state index >= 15 is 0 Å². The maximum Gasteiger partial charge on any atom is 0.182 e. The van der Waals surface area contributed by atoms with Gasteiger partial charge in [0, 0.05) is 16.3 Å². The number of nitrogen functional groups attached to an aromatic ring is 1. The maximum atomic E-state index is 6.08. The maximum absolute atomic E-state index is 6.08. The first-order valence-electron chi connectivity index (χ1n) is 7.38. The zero-order valence-electron chi connectivity index (χ0n) is 12.2. The molecule has 1 aromatic carbocycles. The summed E-state index contributed by atoms with van der Waals surface area (Å²) in [7, 11) is 0. The van der Waals surface area contributed by atoms with E-state index in [-0.39, 0.29) is 5.41 Å². The monoisotopic (exact) mass is 305 g/mol. The van der Waals surface area contributed by atoms with Crippen LogP contribution in [0.2, 0.25) is 5.02 Å². The number of tetrazole rings is 1. The van der Waals surface area contributed by atoms with Crippen LogP contribution in [0.3, 0.4) is 0 Å². The van der Waals surface area contributed by atoms with Gasteiger partial charge >= 0.3 is 0 Å². The summed E-state index contributed by atoms with van der Waals surface area (Å²) >= 11 is 6.08. The van der Waals surface area contributed by atoms with Crippen LogP contribution in [-0.4, -0.2) is 20.2 Å². The Morgan fingerprint density at radius 2 is 2.00 bits per heavy atom. The summed E-state index contributed by atoms with van der Waals surface area (Å²) in [5.74, 6) is 0.732. The van der Waals surface area contributed by atoms with E-state index in [2.05, 4.69) is 22.4 Å². The zero-order valence-corrected chi connectivity index (χ0v) is 13.0. The van der Waals surface area contributed by atoms with E-state index in [4.69, 9.17) is 17.3 Å². The van der Waals surface area contributed by atoms with Crippen molar-refractivity contribution in [1.29, 1.82) is 0 Å². The van der Waals surface area contributed by atoms with Gasteiger partial charge in [-0.1, -0.05) is 37.8 Å². The molecule has 112 valence electrons. The number of aromatic nitrogens is 4. The van der Waals surface area contributed by atoms with Crippen molar-refractivity contribution < 1.29 is 0 Å². The highest BCUT2D eigenvalue weighted by molar-refractivity contribution is 6.31. The Morgan fingerprint density at radius 3 is 2.71 bits per heavy atom. The van der Waals surface area contributed by atoms with E-state index in [1.54, 1.807) is 6.07 Å². The van der Waals surface area contributed by atoms with E-state index in [0.717, 1.165) is 17.9 Å². The lowest BCUT2D eigenvalue weighted by molar-refractivity contribution is 0.175. The van der Waals surface area contributed by atoms with Crippen molar-refractivity contribution in [3.05, 3.63) is 23.2 Å². The van der Waals surface area contributed by atoms with Gasteiger partial charge < -0.3 is 5.73 Å². The Balaban J connectivity index is 1.90. The first-order chi connectivity index (χ1) is 10.1. The summed E-state index contributed by atoms with van der Waals surface area (Å²) in [6.45, 7) is 3.16. The predicted molar refractivity (Wildman–Crippen MR) is 83.9 cm³/mol. The minimum absolute atomic E-state index is 0.270. The average Bonchev–Trinajstić information content (AvgIpc) is 2.85. The van der Waals surface area contributed by atoms with Gasteiger partial charge in [0.2, 0.25) is 0 Å². The van der Waals surface area contributed by atoms with E-state index in [1.165, 1.54) is 32.1 Å². The molecule has 3 rings (SSSR count). The van der Waals surface area contributed by atoms with Crippen LogP contribution in [0.5, 0.6) is 0 Å². The second-order valence-corrected chi connectivity index (χ2v) is 6.74. The molecular formula is C15H20ClN5. The molecule has 0 atom stereocenters. The summed E-state index contributed by atoms with van der Waals surface area (Å²) in [5.41, 5.74) is 7.62. The Morgan fingerprint density at radius 1 is 1.24 bits per heavy atom. The molecule has 0 unspecified atom stereocenters. The Kier molecular flexibility index (Phi) is 3.85. The number of anilines is 1. The minimum Gasteiger partial charge on any atom is -0.399 e. The molecule has 6 heteroatoms. The molecule has 1 saturated carbocycles. The van der Waals surface area contributed by atoms with Crippen LogP contribution in [0.25, 0.3) is 11.4 Å². The molecule has 2 N–H and O–H groups in total. The number of benzene rings is 1. The van der Waals surface area contributed by atoms with Gasteiger partial charge in [0.05, 0.1) is 6.54 Å². The van der Waals surface area contributed by atoms with Crippen LogP contribution < -0.4 is 5.73 Å². The predicted octanol–water partition coefficient (Wildman–Crippen LogP) is 3.55. The molecule has 0 spiro atoms. The van der Waals surface area contributed by atoms with Gasteiger partial charge in [0.25, 0.3) is 0 Å². The van der Waals surface area contributed by atoms with Gasteiger partial charge in [0.15, 0.2) is 5.82 Å². The van der Waals surface area contributed by atoms with Crippen LogP contribution in [-0.2, 0) is 6.54 Å². The molecule has 0 aliphatic heterocycles. The zero-order chi connectivity index (χ0) is 14.9. The van der Waals surface area contributed by atoms with Crippen LogP contribution >= 0.6 is 11.6 Å². The number of hydrogen-bond donors (Lipinski definition) is 1. The fourth-order valence-corrected chi connectivity index (χ4v) is 3.43. The molecule has 1 aliphatic rings. The molecule has 1 aliphatic carbocycles. The summed E-state index contributed by atoms with van der Waals surface area (Å²) in [6.07, 6.45) is 6.37. The molecule has 2 aromatic rings. The van der Waals surface area contributed by atoms with E-state index < -0.39 is 0 Å². The highest BCUT2D eigenvalue weighted by Crippen LogP contribution is 2.37. The van der Waals surface area contributed by atoms with Gasteiger partial charge in [-0.2, -0.15) is 0 Å². The first-order valence-corrected chi connectivity index (χ1v) is 7.76. The third-order valence-electron chi connectivity index (χ3n) is 4.30. The second kappa shape index (κ2) is 5.64. The van der Waals surface area contributed by atoms with Crippen molar-refractivity contribution in [2.45, 2.75) is 45.6 Å². The molecule has 5 nitrogen and oxygen atoms in total. The number of hydrogen-bond acceptors (Lipinski definition) is 4. The lowest BCUT2D eigenvalue weighted by atomic mass is 9.76. The minimum atomic E-state index is 0.270. The van der Waals surface area contributed by atoms with Gasteiger partial charge in [-0.25, -0.2) is 4.68 Å². The third-order valence-corrected chi connectivity index (χ3v) is 4.52. The Labute approximate surface area is 129 Å². The van der Waals surface area contributed by atoms with Crippen molar-refractivity contribution in [2.24, 2.45) is 5.41 Å². The molecule has 0 saturated heterocycles. The number of nitrogens with zero attached hydrogens (tertiary/aromatic N) is 4.